The Morgan fingerprint density at radius 2 is 1.88 bits per heavy atom. The minimum absolute atomic E-state index is 0.0187. The fourth-order valence-corrected chi connectivity index (χ4v) is 9.70. The highest BCUT2D eigenvalue weighted by atomic mass is 32.2. The molecule has 0 saturated carbocycles. The minimum atomic E-state index is -4.54. The second-order valence-corrected chi connectivity index (χ2v) is 17.8. The fourth-order valence-electron chi connectivity index (χ4n) is 8.71. The maximum absolute atomic E-state index is 13.9. The first kappa shape index (κ1) is 40.2. The Morgan fingerprint density at radius 3 is 2.66 bits per heavy atom. The van der Waals surface area contributed by atoms with E-state index in [1.165, 1.54) is 29.5 Å². The third kappa shape index (κ3) is 9.04. The molecule has 3 aliphatic rings. The smallest absolute Gasteiger partial charge is 0.293 e. The van der Waals surface area contributed by atoms with Crippen LogP contribution in [0.5, 0.6) is 11.5 Å². The number of aromatic amines is 1. The number of anilines is 1. The molecule has 8 rings (SSSR count). The van der Waals surface area contributed by atoms with Crippen LogP contribution in [0.3, 0.4) is 0 Å². The molecular weight excluding hydrogens is 769 g/mol. The monoisotopic (exact) mass is 818 g/mol. The van der Waals surface area contributed by atoms with E-state index in [1.807, 2.05) is 12.1 Å². The molecule has 5 aromatic rings. The van der Waals surface area contributed by atoms with Crippen LogP contribution < -0.4 is 14.8 Å². The van der Waals surface area contributed by atoms with Crippen molar-refractivity contribution >= 4 is 43.9 Å². The molecule has 2 aromatic heterocycles. The molecule has 1 aliphatic carbocycles. The lowest BCUT2D eigenvalue weighted by atomic mass is 9.88. The molecule has 0 spiro atoms. The molecule has 2 atom stereocenters. The van der Waals surface area contributed by atoms with Gasteiger partial charge in [0.05, 0.1) is 21.6 Å². The maximum atomic E-state index is 13.9. The lowest BCUT2D eigenvalue weighted by Gasteiger charge is -2.31. The number of carbonyl (C=O) groups excluding carboxylic acids is 1. The summed E-state index contributed by atoms with van der Waals surface area (Å²) in [5.41, 5.74) is 5.36. The first-order valence-corrected chi connectivity index (χ1v) is 21.9. The summed E-state index contributed by atoms with van der Waals surface area (Å²) in [5.74, 6) is 0.875. The van der Waals surface area contributed by atoms with Gasteiger partial charge in [0.1, 0.15) is 22.8 Å². The maximum Gasteiger partial charge on any atom is 0.293 e. The van der Waals surface area contributed by atoms with Crippen molar-refractivity contribution in [3.8, 4) is 11.5 Å². The number of hydrogen-bond donors (Lipinski definition) is 3. The summed E-state index contributed by atoms with van der Waals surface area (Å²) in [6.45, 7) is 8.39. The number of H-pyrrole nitrogens is 1. The van der Waals surface area contributed by atoms with Crippen molar-refractivity contribution in [2.24, 2.45) is 5.92 Å². The lowest BCUT2D eigenvalue weighted by molar-refractivity contribution is -0.384. The van der Waals surface area contributed by atoms with Crippen molar-refractivity contribution in [3.63, 3.8) is 0 Å². The predicted molar refractivity (Wildman–Crippen MR) is 227 cm³/mol. The molecule has 2 saturated heterocycles. The molecule has 0 radical (unpaired) electrons. The van der Waals surface area contributed by atoms with E-state index < -0.39 is 31.4 Å². The number of aromatic nitrogens is 2. The van der Waals surface area contributed by atoms with Gasteiger partial charge < -0.3 is 19.8 Å². The number of sulfonamides is 1. The molecule has 1 unspecified atom stereocenters. The third-order valence-electron chi connectivity index (χ3n) is 12.0. The average Bonchev–Trinajstić information content (AvgIpc) is 3.94. The standard InChI is InChI=1S/C45H50N6O7S/c1-29(2)38-5-3-4-6-39(38)34-16-20-50(28-34)35-10-7-31(8-11-35)32-9-13-40(43(24-32)58-36-23-33-15-19-46-44(33)48-27-36)45(52)49-59(55,56)37-12-14-41(42(25-37)51(53)54)47-26-30-17-21-57-22-18-30/h3-7,9,12-15,19,23-25,27,29-30,34-35,47H,8,10-11,16-18,20-22,26,28H2,1-2H3,(H,46,48)(H,49,52)/t34-,35?/m1/s1. The van der Waals surface area contributed by atoms with Gasteiger partial charge in [-0.1, -0.05) is 50.3 Å². The molecule has 14 heteroatoms. The Kier molecular flexibility index (Phi) is 11.8. The van der Waals surface area contributed by atoms with Crippen molar-refractivity contribution in [2.75, 3.05) is 38.2 Å². The van der Waals surface area contributed by atoms with E-state index in [9.17, 15) is 23.3 Å². The van der Waals surface area contributed by atoms with E-state index in [-0.39, 0.29) is 22.9 Å². The fraction of sp³-hybridized carbons (Fsp3) is 0.378. The molecule has 3 N–H and O–H groups in total. The number of nitrogens with one attached hydrogen (secondary N) is 3. The topological polar surface area (TPSA) is 169 Å². The largest absolute Gasteiger partial charge is 0.455 e. The molecule has 59 heavy (non-hydrogen) atoms. The van der Waals surface area contributed by atoms with E-state index in [0.717, 1.165) is 74.2 Å². The number of rotatable bonds is 13. The summed E-state index contributed by atoms with van der Waals surface area (Å²) in [6.07, 6.45) is 11.1. The van der Waals surface area contributed by atoms with E-state index in [4.69, 9.17) is 9.47 Å². The van der Waals surface area contributed by atoms with Crippen molar-refractivity contribution in [1.29, 1.82) is 0 Å². The van der Waals surface area contributed by atoms with Gasteiger partial charge in [0.2, 0.25) is 0 Å². The zero-order chi connectivity index (χ0) is 41.1. The summed E-state index contributed by atoms with van der Waals surface area (Å²) >= 11 is 0. The molecule has 308 valence electrons. The van der Waals surface area contributed by atoms with Crippen LogP contribution in [0, 0.1) is 16.0 Å². The van der Waals surface area contributed by atoms with Gasteiger partial charge >= 0.3 is 0 Å². The molecule has 3 aromatic carbocycles. The highest BCUT2D eigenvalue weighted by Crippen LogP contribution is 2.39. The summed E-state index contributed by atoms with van der Waals surface area (Å²) < 4.78 is 41.1. The van der Waals surface area contributed by atoms with Gasteiger partial charge in [-0.15, -0.1) is 0 Å². The van der Waals surface area contributed by atoms with Crippen molar-refractivity contribution in [2.45, 2.75) is 75.1 Å². The number of likely N-dealkylation sites (tertiary alicyclic amines) is 1. The van der Waals surface area contributed by atoms with Crippen LogP contribution in [0.4, 0.5) is 11.4 Å². The number of hydrogen-bond acceptors (Lipinski definition) is 10. The molecular formula is C45H50N6O7S. The van der Waals surface area contributed by atoms with E-state index in [1.54, 1.807) is 24.4 Å². The summed E-state index contributed by atoms with van der Waals surface area (Å²) in [4.78, 5) is 35.0. The molecule has 4 heterocycles. The quantitative estimate of drug-likeness (QED) is 0.0772. The highest BCUT2D eigenvalue weighted by molar-refractivity contribution is 7.90. The van der Waals surface area contributed by atoms with Gasteiger partial charge in [-0.05, 0) is 121 Å². The highest BCUT2D eigenvalue weighted by Gasteiger charge is 2.32. The second-order valence-electron chi connectivity index (χ2n) is 16.1. The van der Waals surface area contributed by atoms with Crippen LogP contribution in [0.2, 0.25) is 0 Å². The zero-order valence-corrected chi connectivity index (χ0v) is 34.2. The first-order chi connectivity index (χ1) is 28.5. The Labute approximate surface area is 344 Å². The minimum Gasteiger partial charge on any atom is -0.455 e. The number of fused-ring (bicyclic) bond motifs is 1. The Balaban J connectivity index is 1.01. The normalized spacial score (nSPS) is 19.1. The van der Waals surface area contributed by atoms with E-state index in [2.05, 4.69) is 69.1 Å². The Hall–Kier alpha value is -5.57. The van der Waals surface area contributed by atoms with Gasteiger partial charge in [0.15, 0.2) is 0 Å². The number of carbonyl (C=O) groups is 1. The van der Waals surface area contributed by atoms with Gasteiger partial charge in [-0.2, -0.15) is 0 Å². The van der Waals surface area contributed by atoms with E-state index in [0.29, 0.717) is 49.0 Å². The zero-order valence-electron chi connectivity index (χ0n) is 33.4. The third-order valence-corrected chi connectivity index (χ3v) is 13.3. The van der Waals surface area contributed by atoms with Gasteiger partial charge in [-0.3, -0.25) is 19.8 Å². The number of benzene rings is 3. The number of amides is 1. The van der Waals surface area contributed by atoms with Crippen LogP contribution in [0.1, 0.15) is 91.3 Å². The van der Waals surface area contributed by atoms with E-state index >= 15 is 0 Å². The van der Waals surface area contributed by atoms with Gasteiger partial charge in [-0.25, -0.2) is 18.1 Å². The number of allylic oxidation sites excluding steroid dienone is 1. The molecule has 2 fully saturated rings. The summed E-state index contributed by atoms with van der Waals surface area (Å²) in [5, 5.41) is 16.0. The second kappa shape index (κ2) is 17.3. The number of nitrogens with zero attached hydrogens (tertiary/aromatic N) is 3. The molecule has 13 nitrogen and oxygen atoms in total. The summed E-state index contributed by atoms with van der Waals surface area (Å²) in [6, 6.07) is 21.7. The first-order valence-electron chi connectivity index (χ1n) is 20.5. The van der Waals surface area contributed by atoms with Gasteiger partial charge in [0.25, 0.3) is 21.6 Å². The lowest BCUT2D eigenvalue weighted by Crippen LogP contribution is -2.34. The average molecular weight is 819 g/mol. The molecule has 0 bridgehead atoms. The van der Waals surface area contributed by atoms with Crippen molar-refractivity contribution in [3.05, 3.63) is 124 Å². The molecule has 2 aliphatic heterocycles. The Bertz CT molecular complexity index is 2490. The van der Waals surface area contributed by atoms with Crippen LogP contribution in [0.15, 0.2) is 96.2 Å². The summed E-state index contributed by atoms with van der Waals surface area (Å²) in [7, 11) is -4.54. The van der Waals surface area contributed by atoms with Crippen LogP contribution in [0.25, 0.3) is 16.6 Å². The van der Waals surface area contributed by atoms with Crippen LogP contribution >= 0.6 is 0 Å². The number of nitro groups is 1. The van der Waals surface area contributed by atoms with Crippen LogP contribution in [-0.2, 0) is 14.8 Å². The van der Waals surface area contributed by atoms with Crippen LogP contribution in [-0.4, -0.2) is 73.0 Å². The van der Waals surface area contributed by atoms with Crippen molar-refractivity contribution < 1.29 is 27.6 Å². The Morgan fingerprint density at radius 1 is 1.05 bits per heavy atom. The molecule has 1 amide bonds. The van der Waals surface area contributed by atoms with Gasteiger partial charge in [0, 0.05) is 50.0 Å². The SMILES string of the molecule is CC(C)c1ccccc1[C@@H]1CCN(C2CC=C(c3ccc(C(=O)NS(=O)(=O)c4ccc(NCC5CCOCC5)c([N+](=O)[O-])c4)c(Oc4cnc5[nH]ccc5c4)c3)CC2)C1. The number of ether oxygens (including phenoxy) is 2. The van der Waals surface area contributed by atoms with Crippen molar-refractivity contribution in [1.82, 2.24) is 19.6 Å². The number of pyridine rings is 1. The predicted octanol–water partition coefficient (Wildman–Crippen LogP) is 8.77. The number of nitro benzene ring substituents is 1.